The molecule has 0 saturated carbocycles. The smallest absolute Gasteiger partial charge is 0.409 e. The Morgan fingerprint density at radius 2 is 1.80 bits per heavy atom. The van der Waals surface area contributed by atoms with Crippen molar-refractivity contribution in [1.29, 1.82) is 0 Å². The fraction of sp³-hybridized carbons (Fsp3) is 0.417. The number of anilines is 1. The number of hydrogen-bond donors (Lipinski definition) is 2. The second kappa shape index (κ2) is 7.20. The van der Waals surface area contributed by atoms with E-state index in [4.69, 9.17) is 39.5 Å². The Morgan fingerprint density at radius 1 is 1.25 bits per heavy atom. The van der Waals surface area contributed by atoms with E-state index in [0.717, 1.165) is 0 Å². The molecule has 0 aliphatic carbocycles. The third kappa shape index (κ3) is 6.03. The molecule has 8 heteroatoms. The summed E-state index contributed by atoms with van der Waals surface area (Å²) in [5, 5.41) is 5.17. The minimum atomic E-state index is -1.82. The summed E-state index contributed by atoms with van der Waals surface area (Å²) in [7, 11) is 0. The summed E-state index contributed by atoms with van der Waals surface area (Å²) >= 11 is 17.4. The van der Waals surface area contributed by atoms with Crippen LogP contribution in [0.15, 0.2) is 24.3 Å². The number of alkyl carbamates (subject to hydrolysis) is 1. The lowest BCUT2D eigenvalue weighted by molar-refractivity contribution is 0.113. The first-order valence-electron chi connectivity index (χ1n) is 5.74. The molecule has 0 aliphatic rings. The summed E-state index contributed by atoms with van der Waals surface area (Å²) in [6.07, 6.45) is -2.08. The number of ether oxygens (including phenoxy) is 1. The van der Waals surface area contributed by atoms with Gasteiger partial charge in [-0.2, -0.15) is 0 Å². The molecule has 0 heterocycles. The van der Waals surface area contributed by atoms with Crippen molar-refractivity contribution < 1.29 is 13.9 Å². The number of nitrogens with one attached hydrogen (secondary N) is 2. The first-order valence-corrected chi connectivity index (χ1v) is 6.88. The number of halogens is 4. The van der Waals surface area contributed by atoms with Gasteiger partial charge in [0.15, 0.2) is 0 Å². The fourth-order valence-corrected chi connectivity index (χ4v) is 1.61. The van der Waals surface area contributed by atoms with E-state index >= 15 is 0 Å². The Labute approximate surface area is 131 Å². The Hall–Kier alpha value is -0.910. The molecule has 0 spiro atoms. The van der Waals surface area contributed by atoms with E-state index in [0.29, 0.717) is 5.69 Å². The first-order chi connectivity index (χ1) is 9.18. The summed E-state index contributed by atoms with van der Waals surface area (Å²) in [4.78, 5) is 11.5. The van der Waals surface area contributed by atoms with Crippen molar-refractivity contribution in [3.63, 3.8) is 0 Å². The predicted molar refractivity (Wildman–Crippen MR) is 78.9 cm³/mol. The van der Waals surface area contributed by atoms with Gasteiger partial charge in [-0.1, -0.05) is 34.8 Å². The molecule has 0 aromatic heterocycles. The van der Waals surface area contributed by atoms with Crippen LogP contribution in [-0.4, -0.2) is 22.2 Å². The highest BCUT2D eigenvalue weighted by Gasteiger charge is 2.34. The van der Waals surface area contributed by atoms with Crippen molar-refractivity contribution in [3.8, 4) is 0 Å². The summed E-state index contributed by atoms with van der Waals surface area (Å²) in [5.41, 5.74) is 0.479. The largest absolute Gasteiger partial charge is 0.447 e. The van der Waals surface area contributed by atoms with Gasteiger partial charge >= 0.3 is 6.09 Å². The molecule has 2 N–H and O–H groups in total. The topological polar surface area (TPSA) is 50.4 Å². The predicted octanol–water partition coefficient (Wildman–Crippen LogP) is 4.07. The third-order valence-corrected chi connectivity index (χ3v) is 2.74. The van der Waals surface area contributed by atoms with Gasteiger partial charge in [0.25, 0.3) is 0 Å². The molecular formula is C12H14Cl3FN2O2. The van der Waals surface area contributed by atoms with Crippen LogP contribution in [-0.2, 0) is 4.74 Å². The molecule has 0 aliphatic heterocycles. The van der Waals surface area contributed by atoms with Crippen LogP contribution in [0.4, 0.5) is 14.9 Å². The van der Waals surface area contributed by atoms with Gasteiger partial charge < -0.3 is 10.1 Å². The maximum Gasteiger partial charge on any atom is 0.409 e. The molecule has 1 atom stereocenters. The molecule has 0 saturated heterocycles. The fourth-order valence-electron chi connectivity index (χ4n) is 1.28. The van der Waals surface area contributed by atoms with E-state index < -0.39 is 21.9 Å². The van der Waals surface area contributed by atoms with E-state index in [1.54, 1.807) is 13.8 Å². The van der Waals surface area contributed by atoms with Gasteiger partial charge in [0, 0.05) is 5.69 Å². The molecule has 0 fully saturated rings. The number of amides is 1. The third-order valence-electron chi connectivity index (χ3n) is 2.09. The summed E-state index contributed by atoms with van der Waals surface area (Å²) in [6, 6.07) is 5.39. The first kappa shape index (κ1) is 17.1. The highest BCUT2D eigenvalue weighted by atomic mass is 35.6. The van der Waals surface area contributed by atoms with Crippen molar-refractivity contribution >= 4 is 46.6 Å². The van der Waals surface area contributed by atoms with E-state index in [-0.39, 0.29) is 6.10 Å². The van der Waals surface area contributed by atoms with E-state index in [2.05, 4.69) is 10.6 Å². The summed E-state index contributed by atoms with van der Waals surface area (Å²) < 4.78 is 15.9. The molecule has 0 bridgehead atoms. The molecular weight excluding hydrogens is 330 g/mol. The maximum absolute atomic E-state index is 12.8. The van der Waals surface area contributed by atoms with Crippen LogP contribution in [0.25, 0.3) is 0 Å². The van der Waals surface area contributed by atoms with Gasteiger partial charge in [-0.25, -0.2) is 9.18 Å². The number of rotatable bonds is 4. The lowest BCUT2D eigenvalue weighted by Gasteiger charge is -2.27. The van der Waals surface area contributed by atoms with Crippen molar-refractivity contribution in [2.24, 2.45) is 0 Å². The van der Waals surface area contributed by atoms with Crippen molar-refractivity contribution in [2.75, 3.05) is 5.32 Å². The normalized spacial score (nSPS) is 12.9. The van der Waals surface area contributed by atoms with Gasteiger partial charge in [-0.3, -0.25) is 5.32 Å². The Kier molecular flexibility index (Phi) is 6.17. The standard InChI is InChI=1S/C12H14Cl3FN2O2/c1-7(2)20-11(19)18-10(12(13,14)15)17-9-5-3-8(16)4-6-9/h3-7,10,17H,1-2H3,(H,18,19)/t10-/m1/s1. The average Bonchev–Trinajstić information content (AvgIpc) is 2.28. The lowest BCUT2D eigenvalue weighted by Crippen LogP contribution is -2.49. The van der Waals surface area contributed by atoms with Crippen LogP contribution in [0.3, 0.4) is 0 Å². The van der Waals surface area contributed by atoms with Gasteiger partial charge in [0.2, 0.25) is 3.79 Å². The van der Waals surface area contributed by atoms with Crippen LogP contribution in [0.5, 0.6) is 0 Å². The molecule has 0 radical (unpaired) electrons. The van der Waals surface area contributed by atoms with Gasteiger partial charge in [-0.05, 0) is 38.1 Å². The molecule has 20 heavy (non-hydrogen) atoms. The Morgan fingerprint density at radius 3 is 2.25 bits per heavy atom. The van der Waals surface area contributed by atoms with E-state index in [9.17, 15) is 9.18 Å². The highest BCUT2D eigenvalue weighted by molar-refractivity contribution is 6.68. The van der Waals surface area contributed by atoms with Crippen LogP contribution in [0, 0.1) is 5.82 Å². The van der Waals surface area contributed by atoms with Crippen molar-refractivity contribution in [2.45, 2.75) is 29.9 Å². The Balaban J connectivity index is 2.75. The second-order valence-electron chi connectivity index (χ2n) is 4.22. The number of benzene rings is 1. The molecule has 1 aromatic rings. The molecule has 0 unspecified atom stereocenters. The van der Waals surface area contributed by atoms with Crippen LogP contribution in [0.2, 0.25) is 0 Å². The van der Waals surface area contributed by atoms with Gasteiger partial charge in [-0.15, -0.1) is 0 Å². The van der Waals surface area contributed by atoms with Crippen LogP contribution >= 0.6 is 34.8 Å². The van der Waals surface area contributed by atoms with Crippen molar-refractivity contribution in [1.82, 2.24) is 5.32 Å². The number of hydrogen-bond acceptors (Lipinski definition) is 3. The minimum absolute atomic E-state index is 0.308. The zero-order valence-electron chi connectivity index (χ0n) is 10.8. The van der Waals surface area contributed by atoms with Crippen LogP contribution in [0.1, 0.15) is 13.8 Å². The highest BCUT2D eigenvalue weighted by Crippen LogP contribution is 2.31. The van der Waals surface area contributed by atoms with Gasteiger partial charge in [0.1, 0.15) is 12.0 Å². The number of alkyl halides is 3. The quantitative estimate of drug-likeness (QED) is 0.640. The summed E-state index contributed by atoms with van der Waals surface area (Å²) in [6.45, 7) is 3.38. The molecule has 1 rings (SSSR count). The monoisotopic (exact) mass is 342 g/mol. The maximum atomic E-state index is 12.8. The molecule has 112 valence electrons. The zero-order valence-corrected chi connectivity index (χ0v) is 13.1. The minimum Gasteiger partial charge on any atom is -0.447 e. The van der Waals surface area contributed by atoms with E-state index in [1.807, 2.05) is 0 Å². The zero-order chi connectivity index (χ0) is 15.3. The van der Waals surface area contributed by atoms with Crippen molar-refractivity contribution in [3.05, 3.63) is 30.1 Å². The second-order valence-corrected chi connectivity index (χ2v) is 6.59. The average molecular weight is 344 g/mol. The van der Waals surface area contributed by atoms with Gasteiger partial charge in [0.05, 0.1) is 6.10 Å². The van der Waals surface area contributed by atoms with E-state index in [1.165, 1.54) is 24.3 Å². The molecule has 1 aromatic carbocycles. The Bertz CT molecular complexity index is 449. The number of carbonyl (C=O) groups excluding carboxylic acids is 1. The number of carbonyl (C=O) groups is 1. The van der Waals surface area contributed by atoms with Crippen LogP contribution < -0.4 is 10.6 Å². The summed E-state index contributed by atoms with van der Waals surface area (Å²) in [5.74, 6) is -0.395. The lowest BCUT2D eigenvalue weighted by atomic mass is 10.3. The SMILES string of the molecule is CC(C)OC(=O)N[C@@H](Nc1ccc(F)cc1)C(Cl)(Cl)Cl. The molecule has 4 nitrogen and oxygen atoms in total. The molecule has 1 amide bonds.